The molecule has 25 heavy (non-hydrogen) atoms. The van der Waals surface area contributed by atoms with Crippen molar-refractivity contribution < 1.29 is 36.6 Å². The molecule has 1 aromatic rings. The molecule has 10 heteroatoms. The molecule has 0 aliphatic carbocycles. The Morgan fingerprint density at radius 1 is 1.08 bits per heavy atom. The predicted molar refractivity (Wildman–Crippen MR) is 90.8 cm³/mol. The number of ether oxygens (including phenoxy) is 1. The third-order valence-corrected chi connectivity index (χ3v) is 3.98. The highest BCUT2D eigenvalue weighted by molar-refractivity contribution is 7.86. The van der Waals surface area contributed by atoms with Gasteiger partial charge in [-0.25, -0.2) is 0 Å². The molecule has 0 saturated heterocycles. The average molecular weight is 393 g/mol. The molecule has 0 fully saturated rings. The smallest absolute Gasteiger partial charge is 0.511 e. The van der Waals surface area contributed by atoms with E-state index in [9.17, 15) is 13.2 Å². The number of rotatable bonds is 9. The maximum absolute atomic E-state index is 11.7. The van der Waals surface area contributed by atoms with Gasteiger partial charge in [-0.05, 0) is 18.6 Å². The summed E-state index contributed by atoms with van der Waals surface area (Å²) in [6.07, 6.45) is 6.54. The van der Waals surface area contributed by atoms with Crippen molar-refractivity contribution >= 4 is 25.3 Å². The molecule has 0 saturated carbocycles. The normalized spacial score (nSPS) is 10.5. The fraction of sp³-hybridized carbons (Fsp3) is 0.533. The molecule has 0 radical (unpaired) electrons. The van der Waals surface area contributed by atoms with Crippen LogP contribution in [-0.2, 0) is 19.4 Å². The highest BCUT2D eigenvalue weighted by Gasteiger charge is 2.17. The van der Waals surface area contributed by atoms with Gasteiger partial charge >= 0.3 is 15.1 Å². The van der Waals surface area contributed by atoms with Crippen molar-refractivity contribution in [1.82, 2.24) is 0 Å². The van der Waals surface area contributed by atoms with Crippen LogP contribution in [0.3, 0.4) is 0 Å². The van der Waals surface area contributed by atoms with E-state index in [4.69, 9.17) is 23.3 Å². The molecule has 1 rings (SSSR count). The van der Waals surface area contributed by atoms with Gasteiger partial charge in [0.2, 0.25) is 0 Å². The molecule has 0 bridgehead atoms. The van der Waals surface area contributed by atoms with E-state index in [2.05, 4.69) is 6.92 Å². The molecule has 0 atom stereocenters. The van der Waals surface area contributed by atoms with E-state index in [-0.39, 0.29) is 17.1 Å². The first-order chi connectivity index (χ1) is 11.7. The second kappa shape index (κ2) is 12.6. The van der Waals surface area contributed by atoms with E-state index in [1.807, 2.05) is 0 Å². The summed E-state index contributed by atoms with van der Waals surface area (Å²) in [5, 5.41) is 0. The van der Waals surface area contributed by atoms with E-state index in [0.29, 0.717) is 0 Å². The number of unbranched alkanes of at least 4 members (excludes halogenated alkanes) is 5. The lowest BCUT2D eigenvalue weighted by molar-refractivity contribution is -0.134. The van der Waals surface area contributed by atoms with Gasteiger partial charge in [0, 0.05) is 6.42 Å². The number of benzene rings is 1. The molecule has 0 amide bonds. The van der Waals surface area contributed by atoms with E-state index in [1.54, 1.807) is 6.07 Å². The summed E-state index contributed by atoms with van der Waals surface area (Å²) < 4.78 is 45.1. The maximum atomic E-state index is 11.7. The number of hydrogen-bond donors (Lipinski definition) is 3. The number of hydrogen-bond acceptors (Lipinski definition) is 5. The first-order valence-electron chi connectivity index (χ1n) is 7.87. The number of para-hydroxylation sites is 1. The molecule has 3 N–H and O–H groups in total. The first kappa shape index (κ1) is 23.2. The van der Waals surface area contributed by atoms with Gasteiger partial charge in [-0.3, -0.25) is 13.8 Å². The highest BCUT2D eigenvalue weighted by atomic mass is 32.2. The maximum Gasteiger partial charge on any atom is 0.761 e. The van der Waals surface area contributed by atoms with Crippen LogP contribution in [0.5, 0.6) is 5.75 Å². The van der Waals surface area contributed by atoms with Gasteiger partial charge in [0.25, 0.3) is 10.1 Å². The van der Waals surface area contributed by atoms with Gasteiger partial charge in [-0.2, -0.15) is 8.42 Å². The zero-order valence-electron chi connectivity index (χ0n) is 14.1. The SMILES string of the molecule is CCCCCCCCC(=O)Oc1ccccc1S(=O)(=O)O.O=[Si](O)O. The van der Waals surface area contributed by atoms with Crippen LogP contribution < -0.4 is 4.74 Å². The van der Waals surface area contributed by atoms with Gasteiger partial charge < -0.3 is 14.3 Å². The molecule has 0 unspecified atom stereocenters. The Balaban J connectivity index is 0.00000129. The Labute approximate surface area is 149 Å². The number of esters is 1. The Hall–Kier alpha value is -1.78. The van der Waals surface area contributed by atoms with Crippen LogP contribution >= 0.6 is 0 Å². The molecule has 0 aromatic heterocycles. The molecule has 8 nitrogen and oxygen atoms in total. The van der Waals surface area contributed by atoms with Crippen molar-refractivity contribution in [3.63, 3.8) is 0 Å². The predicted octanol–water partition coefficient (Wildman–Crippen LogP) is 1.98. The largest absolute Gasteiger partial charge is 0.761 e. The molecule has 0 aliphatic heterocycles. The molecule has 0 spiro atoms. The number of carbonyl (C=O) groups is 1. The number of carbonyl (C=O) groups excluding carboxylic acids is 1. The molecule has 142 valence electrons. The van der Waals surface area contributed by atoms with Crippen LogP contribution in [0.15, 0.2) is 29.2 Å². The van der Waals surface area contributed by atoms with Crippen molar-refractivity contribution in [2.75, 3.05) is 0 Å². The zero-order chi connectivity index (χ0) is 19.3. The topological polar surface area (TPSA) is 138 Å². The van der Waals surface area contributed by atoms with Gasteiger partial charge in [0.15, 0.2) is 5.75 Å². The summed E-state index contributed by atoms with van der Waals surface area (Å²) in [6, 6.07) is 5.54. The molecule has 1 aromatic carbocycles. The summed E-state index contributed by atoms with van der Waals surface area (Å²) in [5.41, 5.74) is 0. The van der Waals surface area contributed by atoms with E-state index in [0.717, 1.165) is 25.7 Å². The minimum atomic E-state index is -4.39. The third kappa shape index (κ3) is 12.3. The third-order valence-electron chi connectivity index (χ3n) is 3.09. The zero-order valence-corrected chi connectivity index (χ0v) is 15.9. The Bertz CT molecular complexity index is 641. The van der Waals surface area contributed by atoms with Gasteiger partial charge in [-0.15, -0.1) is 0 Å². The Morgan fingerprint density at radius 3 is 2.16 bits per heavy atom. The van der Waals surface area contributed by atoms with Gasteiger partial charge in [0.05, 0.1) is 0 Å². The lowest BCUT2D eigenvalue weighted by atomic mass is 10.1. The summed E-state index contributed by atoms with van der Waals surface area (Å²) in [4.78, 5) is 25.6. The minimum absolute atomic E-state index is 0.129. The Morgan fingerprint density at radius 2 is 1.60 bits per heavy atom. The highest BCUT2D eigenvalue weighted by Crippen LogP contribution is 2.23. The lowest BCUT2D eigenvalue weighted by Crippen LogP contribution is -2.10. The van der Waals surface area contributed by atoms with Gasteiger partial charge in [0.1, 0.15) is 4.90 Å². The van der Waals surface area contributed by atoms with Crippen LogP contribution in [0.4, 0.5) is 0 Å². The molecule has 0 aliphatic rings. The minimum Gasteiger partial charge on any atom is -0.511 e. The van der Waals surface area contributed by atoms with E-state index in [1.165, 1.54) is 31.0 Å². The Kier molecular flexibility index (Phi) is 11.7. The van der Waals surface area contributed by atoms with Crippen molar-refractivity contribution in [2.24, 2.45) is 0 Å². The van der Waals surface area contributed by atoms with Crippen molar-refractivity contribution in [3.05, 3.63) is 24.3 Å². The van der Waals surface area contributed by atoms with E-state index >= 15 is 0 Å². The average Bonchev–Trinajstić information content (AvgIpc) is 2.49. The quantitative estimate of drug-likeness (QED) is 0.191. The second-order valence-electron chi connectivity index (χ2n) is 5.20. The van der Waals surface area contributed by atoms with Crippen LogP contribution in [-0.4, -0.2) is 37.7 Å². The van der Waals surface area contributed by atoms with Crippen molar-refractivity contribution in [1.29, 1.82) is 0 Å². The second-order valence-corrected chi connectivity index (χ2v) is 7.15. The molecular formula is C15H24O8SSi. The van der Waals surface area contributed by atoms with E-state index < -0.39 is 25.3 Å². The fourth-order valence-electron chi connectivity index (χ4n) is 1.97. The van der Waals surface area contributed by atoms with Crippen molar-refractivity contribution in [2.45, 2.75) is 56.8 Å². The first-order valence-corrected chi connectivity index (χ1v) is 10.6. The van der Waals surface area contributed by atoms with Crippen LogP contribution in [0, 0.1) is 0 Å². The standard InChI is InChI=1S/C15H22O5S.H2O3Si/c1-2-3-4-5-6-7-12-15(16)20-13-10-8-9-11-14(13)21(17,18)19;1-4(2)3/h8-11H,2-7,12H2,1H3,(H,17,18,19);1-2H. The summed E-state index contributed by atoms with van der Waals surface area (Å²) in [5.74, 6) is -0.613. The van der Waals surface area contributed by atoms with Crippen LogP contribution in [0.1, 0.15) is 51.9 Å². The molecular weight excluding hydrogens is 368 g/mol. The summed E-state index contributed by atoms with van der Waals surface area (Å²) >= 11 is 0. The monoisotopic (exact) mass is 392 g/mol. The van der Waals surface area contributed by atoms with Crippen LogP contribution in [0.25, 0.3) is 0 Å². The molecule has 0 heterocycles. The fourth-order valence-corrected chi connectivity index (χ4v) is 2.59. The summed E-state index contributed by atoms with van der Waals surface area (Å²) in [7, 11) is -7.52. The lowest BCUT2D eigenvalue weighted by Gasteiger charge is -2.07. The van der Waals surface area contributed by atoms with Gasteiger partial charge in [-0.1, -0.05) is 51.2 Å². The van der Waals surface area contributed by atoms with Crippen molar-refractivity contribution in [3.8, 4) is 5.75 Å². The summed E-state index contributed by atoms with van der Waals surface area (Å²) in [6.45, 7) is 2.14. The van der Waals surface area contributed by atoms with Crippen LogP contribution in [0.2, 0.25) is 0 Å².